The van der Waals surface area contributed by atoms with Crippen molar-refractivity contribution < 1.29 is 14.3 Å². The second kappa shape index (κ2) is 9.11. The molecule has 0 radical (unpaired) electrons. The second-order valence-corrected chi connectivity index (χ2v) is 8.51. The highest BCUT2D eigenvalue weighted by atomic mass is 16.5. The molecule has 4 heteroatoms. The van der Waals surface area contributed by atoms with Gasteiger partial charge in [0.2, 0.25) is 5.91 Å². The number of anilines is 1. The van der Waals surface area contributed by atoms with Crippen LogP contribution < -0.4 is 10.1 Å². The highest BCUT2D eigenvalue weighted by Crippen LogP contribution is 2.38. The van der Waals surface area contributed by atoms with Gasteiger partial charge in [-0.05, 0) is 50.8 Å². The maximum Gasteiger partial charge on any atom is 0.235 e. The molecule has 31 heavy (non-hydrogen) atoms. The Labute approximate surface area is 184 Å². The molecule has 1 saturated heterocycles. The molecule has 0 aromatic heterocycles. The van der Waals surface area contributed by atoms with Gasteiger partial charge in [0.1, 0.15) is 5.75 Å². The van der Waals surface area contributed by atoms with Crippen LogP contribution in [-0.4, -0.2) is 25.2 Å². The van der Waals surface area contributed by atoms with Crippen molar-refractivity contribution in [3.8, 4) is 5.75 Å². The summed E-state index contributed by atoms with van der Waals surface area (Å²) >= 11 is 0. The van der Waals surface area contributed by atoms with E-state index in [4.69, 9.17) is 9.47 Å². The molecule has 1 N–H and O–H groups in total. The van der Waals surface area contributed by atoms with E-state index < -0.39 is 5.41 Å². The number of amides is 1. The van der Waals surface area contributed by atoms with Gasteiger partial charge in [-0.25, -0.2) is 0 Å². The number of rotatable bonds is 6. The van der Waals surface area contributed by atoms with Crippen molar-refractivity contribution in [2.75, 3.05) is 18.5 Å². The first-order valence-corrected chi connectivity index (χ1v) is 11.2. The fourth-order valence-electron chi connectivity index (χ4n) is 4.33. The van der Waals surface area contributed by atoms with E-state index in [0.717, 1.165) is 39.8 Å². The number of fused-ring (bicyclic) bond motifs is 1. The largest absolute Gasteiger partial charge is 0.490 e. The average molecular weight is 418 g/mol. The van der Waals surface area contributed by atoms with Crippen molar-refractivity contribution in [1.82, 2.24) is 0 Å². The zero-order valence-corrected chi connectivity index (χ0v) is 18.6. The molecule has 1 aliphatic rings. The summed E-state index contributed by atoms with van der Waals surface area (Å²) in [6, 6.07) is 20.3. The van der Waals surface area contributed by atoms with Gasteiger partial charge in [-0.1, -0.05) is 61.0 Å². The smallest absolute Gasteiger partial charge is 0.235 e. The lowest BCUT2D eigenvalue weighted by Gasteiger charge is -2.36. The third-order valence-corrected chi connectivity index (χ3v) is 6.39. The molecule has 1 fully saturated rings. The Morgan fingerprint density at radius 3 is 2.52 bits per heavy atom. The minimum Gasteiger partial charge on any atom is -0.490 e. The molecular weight excluding hydrogens is 386 g/mol. The summed E-state index contributed by atoms with van der Waals surface area (Å²) in [5.74, 6) is 0.879. The highest BCUT2D eigenvalue weighted by molar-refractivity contribution is 6.07. The molecule has 1 aliphatic heterocycles. The molecule has 1 atom stereocenters. The van der Waals surface area contributed by atoms with E-state index in [1.807, 2.05) is 42.5 Å². The van der Waals surface area contributed by atoms with Crippen LogP contribution in [0.2, 0.25) is 0 Å². The van der Waals surface area contributed by atoms with Crippen molar-refractivity contribution in [3.63, 3.8) is 0 Å². The first-order valence-electron chi connectivity index (χ1n) is 11.2. The van der Waals surface area contributed by atoms with Gasteiger partial charge in [-0.3, -0.25) is 4.79 Å². The summed E-state index contributed by atoms with van der Waals surface area (Å²) in [7, 11) is 0. The summed E-state index contributed by atoms with van der Waals surface area (Å²) < 4.78 is 11.7. The average Bonchev–Trinajstić information content (AvgIpc) is 2.81. The topological polar surface area (TPSA) is 47.6 Å². The predicted molar refractivity (Wildman–Crippen MR) is 126 cm³/mol. The molecule has 3 aromatic carbocycles. The number of hydrogen-bond donors (Lipinski definition) is 1. The van der Waals surface area contributed by atoms with Crippen LogP contribution in [-0.2, 0) is 14.9 Å². The van der Waals surface area contributed by atoms with Gasteiger partial charge >= 0.3 is 0 Å². The molecule has 4 rings (SSSR count). The fourth-order valence-corrected chi connectivity index (χ4v) is 4.33. The van der Waals surface area contributed by atoms with E-state index in [9.17, 15) is 4.79 Å². The van der Waals surface area contributed by atoms with E-state index in [-0.39, 0.29) is 12.0 Å². The van der Waals surface area contributed by atoms with Crippen LogP contribution in [0.3, 0.4) is 0 Å². The number of aryl methyl sites for hydroxylation is 1. The summed E-state index contributed by atoms with van der Waals surface area (Å²) in [6.45, 7) is 7.42. The van der Waals surface area contributed by atoms with E-state index in [2.05, 4.69) is 44.3 Å². The van der Waals surface area contributed by atoms with Gasteiger partial charge < -0.3 is 14.8 Å². The Hall–Kier alpha value is -2.85. The van der Waals surface area contributed by atoms with Crippen LogP contribution in [0.5, 0.6) is 5.75 Å². The zero-order valence-electron chi connectivity index (χ0n) is 18.6. The molecule has 1 amide bonds. The maximum absolute atomic E-state index is 13.8. The van der Waals surface area contributed by atoms with Crippen LogP contribution in [0, 0.1) is 6.92 Å². The third-order valence-electron chi connectivity index (χ3n) is 6.39. The number of carbonyl (C=O) groups excluding carboxylic acids is 1. The van der Waals surface area contributed by atoms with E-state index >= 15 is 0 Å². The van der Waals surface area contributed by atoms with Crippen molar-refractivity contribution in [1.29, 1.82) is 0 Å². The highest BCUT2D eigenvalue weighted by Gasteiger charge is 2.42. The SMILES string of the molecule is CCC(C)Oc1ccc(NC(=O)C2(c3cccc(C)c3)CCOCC2)c2ccccc12. The Balaban J connectivity index is 1.70. The van der Waals surface area contributed by atoms with Gasteiger partial charge in [0.05, 0.1) is 11.5 Å². The van der Waals surface area contributed by atoms with E-state index in [1.165, 1.54) is 0 Å². The van der Waals surface area contributed by atoms with Gasteiger partial charge in [0, 0.05) is 29.7 Å². The summed E-state index contributed by atoms with van der Waals surface area (Å²) in [5.41, 5.74) is 2.45. The molecule has 0 aliphatic carbocycles. The molecule has 0 bridgehead atoms. The minimum absolute atomic E-state index is 0.0298. The lowest BCUT2D eigenvalue weighted by atomic mass is 9.73. The molecular formula is C27H31NO3. The first kappa shape index (κ1) is 21.4. The minimum atomic E-state index is -0.586. The Morgan fingerprint density at radius 2 is 1.81 bits per heavy atom. The van der Waals surface area contributed by atoms with Gasteiger partial charge in [0.15, 0.2) is 0 Å². The van der Waals surface area contributed by atoms with Crippen molar-refractivity contribution in [2.24, 2.45) is 0 Å². The molecule has 0 spiro atoms. The molecule has 1 heterocycles. The number of nitrogens with one attached hydrogen (secondary N) is 1. The Kier molecular flexibility index (Phi) is 6.28. The fraction of sp³-hybridized carbons (Fsp3) is 0.370. The Morgan fingerprint density at radius 1 is 1.06 bits per heavy atom. The molecule has 162 valence electrons. The maximum atomic E-state index is 13.8. The van der Waals surface area contributed by atoms with E-state index in [1.54, 1.807) is 0 Å². The van der Waals surface area contributed by atoms with Gasteiger partial charge in [-0.15, -0.1) is 0 Å². The summed E-state index contributed by atoms with van der Waals surface area (Å²) in [4.78, 5) is 13.8. The van der Waals surface area contributed by atoms with Crippen LogP contribution in [0.15, 0.2) is 60.7 Å². The monoisotopic (exact) mass is 417 g/mol. The van der Waals surface area contributed by atoms with E-state index in [0.29, 0.717) is 26.1 Å². The Bertz CT molecular complexity index is 1070. The predicted octanol–water partition coefficient (Wildman–Crippen LogP) is 6.01. The number of benzene rings is 3. The van der Waals surface area contributed by atoms with Crippen LogP contribution in [0.1, 0.15) is 44.2 Å². The zero-order chi connectivity index (χ0) is 21.8. The number of carbonyl (C=O) groups is 1. The quantitative estimate of drug-likeness (QED) is 0.534. The normalized spacial score (nSPS) is 16.6. The lowest BCUT2D eigenvalue weighted by molar-refractivity contribution is -0.125. The van der Waals surface area contributed by atoms with Crippen molar-refractivity contribution in [3.05, 3.63) is 71.8 Å². The van der Waals surface area contributed by atoms with Gasteiger partial charge in [-0.2, -0.15) is 0 Å². The van der Waals surface area contributed by atoms with Gasteiger partial charge in [0.25, 0.3) is 0 Å². The third kappa shape index (κ3) is 4.31. The summed E-state index contributed by atoms with van der Waals surface area (Å²) in [5, 5.41) is 5.26. The van der Waals surface area contributed by atoms with Crippen molar-refractivity contribution in [2.45, 2.75) is 51.6 Å². The van der Waals surface area contributed by atoms with Crippen LogP contribution in [0.25, 0.3) is 10.8 Å². The number of hydrogen-bond acceptors (Lipinski definition) is 3. The van der Waals surface area contributed by atoms with Crippen LogP contribution >= 0.6 is 0 Å². The van der Waals surface area contributed by atoms with Crippen LogP contribution in [0.4, 0.5) is 5.69 Å². The second-order valence-electron chi connectivity index (χ2n) is 8.51. The first-order chi connectivity index (χ1) is 15.0. The molecule has 0 saturated carbocycles. The number of ether oxygens (including phenoxy) is 2. The van der Waals surface area contributed by atoms with Crippen molar-refractivity contribution >= 4 is 22.4 Å². The lowest BCUT2D eigenvalue weighted by Crippen LogP contribution is -2.44. The standard InChI is InChI=1S/C27H31NO3/c1-4-20(3)31-25-13-12-24(22-10-5-6-11-23(22)25)28-26(29)27(14-16-30-17-15-27)21-9-7-8-19(2)18-21/h5-13,18,20H,4,14-17H2,1-3H3,(H,28,29). The molecule has 3 aromatic rings. The molecule has 1 unspecified atom stereocenters. The summed E-state index contributed by atoms with van der Waals surface area (Å²) in [6.07, 6.45) is 2.43. The molecule has 4 nitrogen and oxygen atoms in total.